The van der Waals surface area contributed by atoms with Crippen molar-refractivity contribution in [2.75, 3.05) is 19.6 Å². The minimum absolute atomic E-state index is 0.227. The molecule has 27 heavy (non-hydrogen) atoms. The Morgan fingerprint density at radius 3 is 2.70 bits per heavy atom. The molecule has 2 rings (SSSR count). The highest BCUT2D eigenvalue weighted by atomic mass is 19.1. The zero-order valence-electron chi connectivity index (χ0n) is 16.8. The fraction of sp³-hybridized carbons (Fsp3) is 0.550. The number of guanidine groups is 1. The van der Waals surface area contributed by atoms with Crippen LogP contribution in [0.25, 0.3) is 0 Å². The van der Waals surface area contributed by atoms with Crippen molar-refractivity contribution in [1.82, 2.24) is 20.8 Å². The smallest absolute Gasteiger partial charge is 0.228 e. The van der Waals surface area contributed by atoms with Gasteiger partial charge >= 0.3 is 0 Å². The lowest BCUT2D eigenvalue weighted by molar-refractivity contribution is 0.371. The summed E-state index contributed by atoms with van der Waals surface area (Å²) in [6.45, 7) is 12.1. The van der Waals surface area contributed by atoms with Gasteiger partial charge in [-0.15, -0.1) is 0 Å². The molecule has 0 amide bonds. The van der Waals surface area contributed by atoms with Crippen LogP contribution in [-0.4, -0.2) is 35.7 Å². The van der Waals surface area contributed by atoms with Crippen LogP contribution in [0.15, 0.2) is 33.8 Å². The normalized spacial score (nSPS) is 12.5. The van der Waals surface area contributed by atoms with Crippen molar-refractivity contribution in [3.63, 3.8) is 0 Å². The Labute approximate surface area is 160 Å². The molecule has 148 valence electrons. The Morgan fingerprint density at radius 2 is 2.07 bits per heavy atom. The number of halogens is 1. The third-order valence-electron chi connectivity index (χ3n) is 4.21. The molecule has 0 aliphatic heterocycles. The zero-order chi connectivity index (χ0) is 19.9. The first-order valence-corrected chi connectivity index (χ1v) is 9.42. The van der Waals surface area contributed by atoms with Crippen LogP contribution in [0, 0.1) is 5.82 Å². The van der Waals surface area contributed by atoms with Crippen molar-refractivity contribution < 1.29 is 8.91 Å². The molecule has 0 atom stereocenters. The predicted molar refractivity (Wildman–Crippen MR) is 105 cm³/mol. The predicted octanol–water partition coefficient (Wildman–Crippen LogP) is 3.41. The highest BCUT2D eigenvalue weighted by molar-refractivity contribution is 5.79. The largest absolute Gasteiger partial charge is 0.357 e. The minimum atomic E-state index is -0.275. The number of hydrogen-bond donors (Lipinski definition) is 2. The average Bonchev–Trinajstić information content (AvgIpc) is 3.09. The third-order valence-corrected chi connectivity index (χ3v) is 4.21. The van der Waals surface area contributed by atoms with Gasteiger partial charge in [-0.2, -0.15) is 4.98 Å². The molecule has 6 nitrogen and oxygen atoms in total. The average molecular weight is 375 g/mol. The maximum Gasteiger partial charge on any atom is 0.228 e. The van der Waals surface area contributed by atoms with Crippen LogP contribution in [-0.2, 0) is 11.8 Å². The van der Waals surface area contributed by atoms with Gasteiger partial charge in [-0.25, -0.2) is 4.39 Å². The standard InChI is InChI=1S/C20H30FN5O/c1-6-22-19(23-11-10-17-25-18(14(2)3)26-27-17)24-13-20(4,5)15-8-7-9-16(21)12-15/h7-9,12,14H,6,10-11,13H2,1-5H3,(H2,22,23,24). The van der Waals surface area contributed by atoms with Crippen LogP contribution in [0.2, 0.25) is 0 Å². The summed E-state index contributed by atoms with van der Waals surface area (Å²) in [6.07, 6.45) is 0.622. The van der Waals surface area contributed by atoms with E-state index in [9.17, 15) is 4.39 Å². The SMILES string of the molecule is CCNC(=NCC(C)(C)c1cccc(F)c1)NCCc1nc(C(C)C)no1. The van der Waals surface area contributed by atoms with Gasteiger partial charge in [0.15, 0.2) is 11.8 Å². The van der Waals surface area contributed by atoms with Gasteiger partial charge in [-0.3, -0.25) is 4.99 Å². The molecule has 0 aliphatic carbocycles. The number of aliphatic imine (C=N–C) groups is 1. The molecule has 1 heterocycles. The Balaban J connectivity index is 1.94. The maximum absolute atomic E-state index is 13.5. The maximum atomic E-state index is 13.5. The zero-order valence-corrected chi connectivity index (χ0v) is 16.8. The van der Waals surface area contributed by atoms with Crippen LogP contribution >= 0.6 is 0 Å². The fourth-order valence-electron chi connectivity index (χ4n) is 2.51. The summed E-state index contributed by atoms with van der Waals surface area (Å²) in [4.78, 5) is 9.03. The molecule has 0 bridgehead atoms. The van der Waals surface area contributed by atoms with E-state index >= 15 is 0 Å². The number of nitrogens with zero attached hydrogens (tertiary/aromatic N) is 3. The van der Waals surface area contributed by atoms with Gasteiger partial charge in [0.25, 0.3) is 0 Å². The lowest BCUT2D eigenvalue weighted by Gasteiger charge is -2.24. The van der Waals surface area contributed by atoms with Crippen molar-refractivity contribution in [3.8, 4) is 0 Å². The lowest BCUT2D eigenvalue weighted by atomic mass is 9.85. The first-order chi connectivity index (χ1) is 12.8. The van der Waals surface area contributed by atoms with Gasteiger partial charge in [-0.1, -0.05) is 45.0 Å². The minimum Gasteiger partial charge on any atom is -0.357 e. The van der Waals surface area contributed by atoms with Gasteiger partial charge in [0.2, 0.25) is 5.89 Å². The molecule has 0 saturated carbocycles. The molecule has 2 N–H and O–H groups in total. The van der Waals surface area contributed by atoms with E-state index in [2.05, 4.69) is 39.6 Å². The van der Waals surface area contributed by atoms with E-state index < -0.39 is 0 Å². The summed E-state index contributed by atoms with van der Waals surface area (Å²) >= 11 is 0. The number of aromatic nitrogens is 2. The molecular formula is C20H30FN5O. The molecule has 1 aromatic carbocycles. The molecule has 0 radical (unpaired) electrons. The molecule has 1 aromatic heterocycles. The summed E-state index contributed by atoms with van der Waals surface area (Å²) in [5.74, 6) is 2.07. The van der Waals surface area contributed by atoms with E-state index in [0.29, 0.717) is 31.4 Å². The first kappa shape index (κ1) is 20.9. The van der Waals surface area contributed by atoms with Crippen LogP contribution in [0.4, 0.5) is 4.39 Å². The molecule has 0 fully saturated rings. The Morgan fingerprint density at radius 1 is 1.30 bits per heavy atom. The summed E-state index contributed by atoms with van der Waals surface area (Å²) in [5.41, 5.74) is 0.650. The number of nitrogens with one attached hydrogen (secondary N) is 2. The van der Waals surface area contributed by atoms with Crippen LogP contribution < -0.4 is 10.6 Å². The molecule has 0 unspecified atom stereocenters. The molecule has 7 heteroatoms. The van der Waals surface area contributed by atoms with E-state index in [1.165, 1.54) is 6.07 Å². The Kier molecular flexibility index (Phi) is 7.33. The highest BCUT2D eigenvalue weighted by Crippen LogP contribution is 2.24. The van der Waals surface area contributed by atoms with E-state index in [1.54, 1.807) is 12.1 Å². The van der Waals surface area contributed by atoms with Crippen molar-refractivity contribution in [1.29, 1.82) is 0 Å². The van der Waals surface area contributed by atoms with Crippen LogP contribution in [0.5, 0.6) is 0 Å². The molecule has 0 spiro atoms. The summed E-state index contributed by atoms with van der Waals surface area (Å²) < 4.78 is 18.8. The third kappa shape index (κ3) is 6.34. The van der Waals surface area contributed by atoms with Crippen molar-refractivity contribution >= 4 is 5.96 Å². The number of benzene rings is 1. The molecule has 2 aromatic rings. The van der Waals surface area contributed by atoms with Gasteiger partial charge in [-0.05, 0) is 24.6 Å². The van der Waals surface area contributed by atoms with Crippen molar-refractivity contribution in [2.45, 2.75) is 52.4 Å². The second-order valence-electron chi connectivity index (χ2n) is 7.47. The first-order valence-electron chi connectivity index (χ1n) is 9.42. The van der Waals surface area contributed by atoms with Crippen LogP contribution in [0.1, 0.15) is 57.8 Å². The second-order valence-corrected chi connectivity index (χ2v) is 7.47. The summed E-state index contributed by atoms with van der Waals surface area (Å²) in [7, 11) is 0. The second kappa shape index (κ2) is 9.48. The van der Waals surface area contributed by atoms with Crippen molar-refractivity contribution in [3.05, 3.63) is 47.4 Å². The van der Waals surface area contributed by atoms with Gasteiger partial charge in [0.1, 0.15) is 5.82 Å². The summed E-state index contributed by atoms with van der Waals surface area (Å²) in [5, 5.41) is 10.5. The lowest BCUT2D eigenvalue weighted by Crippen LogP contribution is -2.39. The monoisotopic (exact) mass is 375 g/mol. The molecule has 0 saturated heterocycles. The molecular weight excluding hydrogens is 345 g/mol. The summed E-state index contributed by atoms with van der Waals surface area (Å²) in [6, 6.07) is 6.69. The van der Waals surface area contributed by atoms with Crippen molar-refractivity contribution in [2.24, 2.45) is 4.99 Å². The Hall–Kier alpha value is -2.44. The quantitative estimate of drug-likeness (QED) is 0.546. The van der Waals surface area contributed by atoms with Crippen LogP contribution in [0.3, 0.4) is 0 Å². The fourth-order valence-corrected chi connectivity index (χ4v) is 2.51. The Bertz CT molecular complexity index is 754. The van der Waals surface area contributed by atoms with E-state index in [0.717, 1.165) is 17.9 Å². The van der Waals surface area contributed by atoms with E-state index in [-0.39, 0.29) is 17.2 Å². The van der Waals surface area contributed by atoms with Gasteiger partial charge in [0.05, 0.1) is 6.54 Å². The number of hydrogen-bond acceptors (Lipinski definition) is 4. The van der Waals surface area contributed by atoms with E-state index in [1.807, 2.05) is 26.8 Å². The number of rotatable bonds is 8. The van der Waals surface area contributed by atoms with Gasteiger partial charge in [0, 0.05) is 30.8 Å². The molecule has 0 aliphatic rings. The van der Waals surface area contributed by atoms with E-state index in [4.69, 9.17) is 4.52 Å². The highest BCUT2D eigenvalue weighted by Gasteiger charge is 2.21. The topological polar surface area (TPSA) is 75.3 Å². The van der Waals surface area contributed by atoms with Gasteiger partial charge < -0.3 is 15.2 Å².